The van der Waals surface area contributed by atoms with Crippen molar-refractivity contribution in [2.24, 2.45) is 0 Å². The highest BCUT2D eigenvalue weighted by molar-refractivity contribution is 5.94. The Morgan fingerprint density at radius 3 is 2.50 bits per heavy atom. The maximum atomic E-state index is 12.8. The zero-order chi connectivity index (χ0) is 17.9. The molecule has 26 heavy (non-hydrogen) atoms. The summed E-state index contributed by atoms with van der Waals surface area (Å²) in [7, 11) is 0. The average molecular weight is 354 g/mol. The minimum absolute atomic E-state index is 0.00326. The highest BCUT2D eigenvalue weighted by Gasteiger charge is 2.26. The van der Waals surface area contributed by atoms with Crippen LogP contribution < -0.4 is 9.80 Å². The van der Waals surface area contributed by atoms with E-state index < -0.39 is 0 Å². The molecule has 4 heterocycles. The van der Waals surface area contributed by atoms with Gasteiger partial charge in [-0.2, -0.15) is 0 Å². The Balaban J connectivity index is 1.39. The summed E-state index contributed by atoms with van der Waals surface area (Å²) in [6, 6.07) is 5.47. The van der Waals surface area contributed by atoms with Crippen molar-refractivity contribution in [1.82, 2.24) is 19.9 Å². The van der Waals surface area contributed by atoms with E-state index in [0.29, 0.717) is 44.2 Å². The van der Waals surface area contributed by atoms with Gasteiger partial charge in [0.05, 0.1) is 11.7 Å². The molecule has 0 radical (unpaired) electrons. The molecule has 0 aromatic carbocycles. The Morgan fingerprint density at radius 1 is 1.00 bits per heavy atom. The zero-order valence-electron chi connectivity index (χ0n) is 14.5. The molecule has 2 aliphatic rings. The number of rotatable bonds is 3. The van der Waals surface area contributed by atoms with Crippen LogP contribution >= 0.6 is 0 Å². The molecule has 2 aromatic rings. The highest BCUT2D eigenvalue weighted by atomic mass is 16.3. The summed E-state index contributed by atoms with van der Waals surface area (Å²) >= 11 is 0. The third-order valence-electron chi connectivity index (χ3n) is 4.80. The van der Waals surface area contributed by atoms with Crippen LogP contribution in [0.4, 0.5) is 11.8 Å². The van der Waals surface area contributed by atoms with Crippen molar-refractivity contribution >= 4 is 17.7 Å². The van der Waals surface area contributed by atoms with Crippen LogP contribution in [0.15, 0.2) is 36.8 Å². The molecule has 2 saturated heterocycles. The summed E-state index contributed by atoms with van der Waals surface area (Å²) < 4.78 is 0. The molecule has 1 N–H and O–H groups in total. The van der Waals surface area contributed by atoms with E-state index in [1.165, 1.54) is 0 Å². The van der Waals surface area contributed by atoms with Crippen molar-refractivity contribution in [3.8, 4) is 0 Å². The first-order chi connectivity index (χ1) is 12.7. The van der Waals surface area contributed by atoms with Crippen LogP contribution in [0.5, 0.6) is 0 Å². The van der Waals surface area contributed by atoms with Gasteiger partial charge in [-0.15, -0.1) is 0 Å². The SMILES string of the molecule is O=C(c1ccc(N2CC(O)C2)nc1)N1CCCN(c2ncccn2)CC1. The van der Waals surface area contributed by atoms with Crippen molar-refractivity contribution in [1.29, 1.82) is 0 Å². The topological polar surface area (TPSA) is 85.7 Å². The molecule has 8 heteroatoms. The van der Waals surface area contributed by atoms with Gasteiger partial charge in [0.15, 0.2) is 0 Å². The molecule has 0 spiro atoms. The molecule has 8 nitrogen and oxygen atoms in total. The van der Waals surface area contributed by atoms with Crippen molar-refractivity contribution in [2.45, 2.75) is 12.5 Å². The normalized spacial score (nSPS) is 18.4. The smallest absolute Gasteiger partial charge is 0.255 e. The lowest BCUT2D eigenvalue weighted by Gasteiger charge is -2.36. The lowest BCUT2D eigenvalue weighted by Crippen LogP contribution is -2.51. The second-order valence-electron chi connectivity index (χ2n) is 6.65. The molecule has 136 valence electrons. The second kappa shape index (κ2) is 7.25. The first-order valence-corrected chi connectivity index (χ1v) is 8.91. The van der Waals surface area contributed by atoms with E-state index in [4.69, 9.17) is 0 Å². The Kier molecular flexibility index (Phi) is 4.66. The number of carbonyl (C=O) groups excluding carboxylic acids is 1. The summed E-state index contributed by atoms with van der Waals surface area (Å²) in [5.74, 6) is 1.52. The third kappa shape index (κ3) is 3.45. The van der Waals surface area contributed by atoms with Gasteiger partial charge in [0.25, 0.3) is 5.91 Å². The number of hydrogen-bond donors (Lipinski definition) is 1. The number of carbonyl (C=O) groups is 1. The molecule has 2 fully saturated rings. The second-order valence-corrected chi connectivity index (χ2v) is 6.65. The van der Waals surface area contributed by atoms with Gasteiger partial charge < -0.3 is 19.8 Å². The average Bonchev–Trinajstić information content (AvgIpc) is 2.92. The van der Waals surface area contributed by atoms with Gasteiger partial charge in [0.2, 0.25) is 5.95 Å². The maximum absolute atomic E-state index is 12.8. The van der Waals surface area contributed by atoms with E-state index in [-0.39, 0.29) is 12.0 Å². The lowest BCUT2D eigenvalue weighted by atomic mass is 10.1. The standard InChI is InChI=1S/C18H22N6O2/c25-15-12-24(13-15)16-4-3-14(11-21-16)17(26)22-7-2-8-23(10-9-22)18-19-5-1-6-20-18/h1,3-6,11,15,25H,2,7-10,12-13H2. The third-order valence-corrected chi connectivity index (χ3v) is 4.80. The minimum atomic E-state index is -0.272. The first-order valence-electron chi connectivity index (χ1n) is 8.91. The lowest BCUT2D eigenvalue weighted by molar-refractivity contribution is 0.0766. The number of anilines is 2. The summed E-state index contributed by atoms with van der Waals surface area (Å²) in [6.45, 7) is 4.10. The Labute approximate surface area is 152 Å². The number of amides is 1. The predicted molar refractivity (Wildman–Crippen MR) is 97.2 cm³/mol. The van der Waals surface area contributed by atoms with Crippen molar-refractivity contribution < 1.29 is 9.90 Å². The summed E-state index contributed by atoms with van der Waals surface area (Å²) in [6.07, 6.45) is 5.71. The van der Waals surface area contributed by atoms with Crippen LogP contribution in [0.3, 0.4) is 0 Å². The largest absolute Gasteiger partial charge is 0.389 e. The van der Waals surface area contributed by atoms with Crippen LogP contribution in [0.2, 0.25) is 0 Å². The highest BCUT2D eigenvalue weighted by Crippen LogP contribution is 2.19. The van der Waals surface area contributed by atoms with Gasteiger partial charge in [0, 0.05) is 57.9 Å². The molecule has 0 atom stereocenters. The molecule has 1 amide bonds. The van der Waals surface area contributed by atoms with Gasteiger partial charge in [0.1, 0.15) is 5.82 Å². The summed E-state index contributed by atoms with van der Waals surface area (Å²) in [5.41, 5.74) is 0.597. The van der Waals surface area contributed by atoms with E-state index in [2.05, 4.69) is 19.9 Å². The van der Waals surface area contributed by atoms with Crippen LogP contribution in [0.25, 0.3) is 0 Å². The fraction of sp³-hybridized carbons (Fsp3) is 0.444. The molecule has 2 aliphatic heterocycles. The molecule has 0 aliphatic carbocycles. The number of β-amino-alcohol motifs (C(OH)–C–C–N with tert-alkyl or cyclic N) is 1. The number of aliphatic hydroxyl groups is 1. The first kappa shape index (κ1) is 16.7. The van der Waals surface area contributed by atoms with Crippen LogP contribution in [0.1, 0.15) is 16.8 Å². The monoisotopic (exact) mass is 354 g/mol. The quantitative estimate of drug-likeness (QED) is 0.854. The Morgan fingerprint density at radius 2 is 1.81 bits per heavy atom. The number of hydrogen-bond acceptors (Lipinski definition) is 7. The van der Waals surface area contributed by atoms with E-state index in [1.54, 1.807) is 24.7 Å². The van der Waals surface area contributed by atoms with Gasteiger partial charge >= 0.3 is 0 Å². The van der Waals surface area contributed by atoms with Gasteiger partial charge in [-0.1, -0.05) is 0 Å². The summed E-state index contributed by atoms with van der Waals surface area (Å²) in [5, 5.41) is 9.38. The molecule has 0 unspecified atom stereocenters. The van der Waals surface area contributed by atoms with E-state index in [9.17, 15) is 9.90 Å². The van der Waals surface area contributed by atoms with Gasteiger partial charge in [-0.3, -0.25) is 4.79 Å². The van der Waals surface area contributed by atoms with E-state index in [1.807, 2.05) is 21.9 Å². The Hall–Kier alpha value is -2.74. The predicted octanol–water partition coefficient (Wildman–Crippen LogP) is 0.405. The van der Waals surface area contributed by atoms with Crippen LogP contribution in [-0.2, 0) is 0 Å². The van der Waals surface area contributed by atoms with Gasteiger partial charge in [-0.25, -0.2) is 15.0 Å². The number of aliphatic hydroxyl groups excluding tert-OH is 1. The van der Waals surface area contributed by atoms with Crippen LogP contribution in [-0.4, -0.2) is 76.2 Å². The minimum Gasteiger partial charge on any atom is -0.389 e. The molecule has 4 rings (SSSR count). The van der Waals surface area contributed by atoms with Crippen molar-refractivity contribution in [2.75, 3.05) is 49.1 Å². The molecular formula is C18H22N6O2. The molecular weight excluding hydrogens is 332 g/mol. The number of aromatic nitrogens is 3. The maximum Gasteiger partial charge on any atom is 0.255 e. The number of pyridine rings is 1. The fourth-order valence-electron chi connectivity index (χ4n) is 3.30. The van der Waals surface area contributed by atoms with E-state index >= 15 is 0 Å². The Bertz CT molecular complexity index is 748. The zero-order valence-corrected chi connectivity index (χ0v) is 14.5. The van der Waals surface area contributed by atoms with E-state index in [0.717, 1.165) is 18.8 Å². The number of nitrogens with zero attached hydrogens (tertiary/aromatic N) is 6. The van der Waals surface area contributed by atoms with Crippen LogP contribution in [0, 0.1) is 0 Å². The molecule has 2 aromatic heterocycles. The fourth-order valence-corrected chi connectivity index (χ4v) is 3.30. The summed E-state index contributed by atoms with van der Waals surface area (Å²) in [4.78, 5) is 31.7. The molecule has 0 bridgehead atoms. The van der Waals surface area contributed by atoms with Crippen molar-refractivity contribution in [3.05, 3.63) is 42.4 Å². The van der Waals surface area contributed by atoms with Crippen molar-refractivity contribution in [3.63, 3.8) is 0 Å². The molecule has 0 saturated carbocycles. The van der Waals surface area contributed by atoms with Gasteiger partial charge in [-0.05, 0) is 24.6 Å².